The minimum absolute atomic E-state index is 0.000550. The van der Waals surface area contributed by atoms with Gasteiger partial charge in [0.05, 0.1) is 12.1 Å². The molecule has 0 saturated carbocycles. The van der Waals surface area contributed by atoms with E-state index in [-0.39, 0.29) is 24.4 Å². The molecule has 7 nitrogen and oxygen atoms in total. The summed E-state index contributed by atoms with van der Waals surface area (Å²) in [5, 5.41) is 10.3. The number of hydrogen-bond donors (Lipinski definition) is 1. The Labute approximate surface area is 180 Å². The van der Waals surface area contributed by atoms with E-state index in [4.69, 9.17) is 9.15 Å². The van der Waals surface area contributed by atoms with Crippen LogP contribution < -0.4 is 5.32 Å². The van der Waals surface area contributed by atoms with Gasteiger partial charge in [0, 0.05) is 16.5 Å². The standard InChI is InChI=1S/C21H19BrFN3O4/c1-12-3-5-14(6-4-12)21-26-25-18(30-21)9-10-19(27)29-13(2)20(28)24-17-8-7-15(22)11-16(17)23/h3-8,11,13H,9-10H2,1-2H3,(H,24,28). The Kier molecular flexibility index (Phi) is 6.94. The molecule has 1 heterocycles. The smallest absolute Gasteiger partial charge is 0.307 e. The van der Waals surface area contributed by atoms with Crippen LogP contribution in [0.1, 0.15) is 24.8 Å². The maximum Gasteiger partial charge on any atom is 0.307 e. The zero-order valence-corrected chi connectivity index (χ0v) is 17.9. The second-order valence-electron chi connectivity index (χ2n) is 6.61. The Morgan fingerprint density at radius 2 is 1.93 bits per heavy atom. The Bertz CT molecular complexity index is 1050. The van der Waals surface area contributed by atoms with Crippen LogP contribution >= 0.6 is 15.9 Å². The molecular formula is C21H19BrFN3O4. The lowest BCUT2D eigenvalue weighted by Gasteiger charge is -2.13. The molecule has 1 amide bonds. The van der Waals surface area contributed by atoms with Gasteiger partial charge in [0.1, 0.15) is 5.82 Å². The molecule has 0 spiro atoms. The molecule has 2 aromatic carbocycles. The summed E-state index contributed by atoms with van der Waals surface area (Å²) in [6.45, 7) is 3.39. The number of nitrogens with one attached hydrogen (secondary N) is 1. The number of hydrogen-bond acceptors (Lipinski definition) is 6. The highest BCUT2D eigenvalue weighted by Crippen LogP contribution is 2.20. The summed E-state index contributed by atoms with van der Waals surface area (Å²) < 4.78 is 25.0. The van der Waals surface area contributed by atoms with Gasteiger partial charge in [0.2, 0.25) is 11.8 Å². The van der Waals surface area contributed by atoms with Gasteiger partial charge < -0.3 is 14.5 Å². The second kappa shape index (κ2) is 9.62. The fourth-order valence-electron chi connectivity index (χ4n) is 2.51. The Balaban J connectivity index is 1.49. The molecule has 3 rings (SSSR count). The quantitative estimate of drug-likeness (QED) is 0.507. The minimum Gasteiger partial charge on any atom is -0.453 e. The molecule has 0 aliphatic rings. The summed E-state index contributed by atoms with van der Waals surface area (Å²) >= 11 is 3.14. The highest BCUT2D eigenvalue weighted by atomic mass is 79.9. The van der Waals surface area contributed by atoms with Crippen LogP contribution in [0.2, 0.25) is 0 Å². The average molecular weight is 476 g/mol. The summed E-state index contributed by atoms with van der Waals surface area (Å²) in [5.41, 5.74) is 1.90. The molecule has 0 fully saturated rings. The predicted molar refractivity (Wildman–Crippen MR) is 111 cm³/mol. The lowest BCUT2D eigenvalue weighted by molar-refractivity contribution is -0.153. The molecule has 0 radical (unpaired) electrons. The third kappa shape index (κ3) is 5.73. The monoisotopic (exact) mass is 475 g/mol. The topological polar surface area (TPSA) is 94.3 Å². The van der Waals surface area contributed by atoms with Gasteiger partial charge in [-0.05, 0) is 44.2 Å². The van der Waals surface area contributed by atoms with E-state index in [1.165, 1.54) is 19.1 Å². The van der Waals surface area contributed by atoms with Crippen molar-refractivity contribution < 1.29 is 23.1 Å². The zero-order chi connectivity index (χ0) is 21.7. The maximum atomic E-state index is 13.8. The number of aryl methyl sites for hydroxylation is 2. The number of aromatic nitrogens is 2. The van der Waals surface area contributed by atoms with E-state index in [2.05, 4.69) is 31.4 Å². The molecule has 30 heavy (non-hydrogen) atoms. The van der Waals surface area contributed by atoms with Crippen LogP contribution in [0.5, 0.6) is 0 Å². The van der Waals surface area contributed by atoms with Crippen LogP contribution in [0.4, 0.5) is 10.1 Å². The highest BCUT2D eigenvalue weighted by Gasteiger charge is 2.20. The van der Waals surface area contributed by atoms with Crippen LogP contribution in [-0.2, 0) is 20.7 Å². The second-order valence-corrected chi connectivity index (χ2v) is 7.53. The van der Waals surface area contributed by atoms with Crippen LogP contribution in [0.3, 0.4) is 0 Å². The predicted octanol–water partition coefficient (Wildman–Crippen LogP) is 4.45. The number of benzene rings is 2. The average Bonchev–Trinajstić information content (AvgIpc) is 3.18. The first-order valence-corrected chi connectivity index (χ1v) is 9.96. The molecule has 1 N–H and O–H groups in total. The first kappa shape index (κ1) is 21.6. The van der Waals surface area contributed by atoms with Gasteiger partial charge in [-0.25, -0.2) is 4.39 Å². The third-order valence-corrected chi connectivity index (χ3v) is 4.67. The van der Waals surface area contributed by atoms with Crippen molar-refractivity contribution in [1.29, 1.82) is 0 Å². The number of amides is 1. The summed E-state index contributed by atoms with van der Waals surface area (Å²) in [7, 11) is 0. The van der Waals surface area contributed by atoms with E-state index in [9.17, 15) is 14.0 Å². The van der Waals surface area contributed by atoms with Crippen LogP contribution in [0.25, 0.3) is 11.5 Å². The van der Waals surface area contributed by atoms with E-state index in [0.717, 1.165) is 11.1 Å². The largest absolute Gasteiger partial charge is 0.453 e. The molecule has 9 heteroatoms. The van der Waals surface area contributed by atoms with Gasteiger partial charge in [0.25, 0.3) is 5.91 Å². The van der Waals surface area contributed by atoms with Crippen molar-refractivity contribution in [3.8, 4) is 11.5 Å². The Morgan fingerprint density at radius 3 is 2.63 bits per heavy atom. The van der Waals surface area contributed by atoms with Crippen molar-refractivity contribution in [1.82, 2.24) is 10.2 Å². The molecule has 0 aliphatic carbocycles. The van der Waals surface area contributed by atoms with Crippen molar-refractivity contribution in [3.05, 3.63) is 64.2 Å². The fourth-order valence-corrected chi connectivity index (χ4v) is 2.84. The lowest BCUT2D eigenvalue weighted by Crippen LogP contribution is -2.30. The van der Waals surface area contributed by atoms with Crippen LogP contribution in [-0.4, -0.2) is 28.2 Å². The number of carbonyl (C=O) groups excluding carboxylic acids is 2. The summed E-state index contributed by atoms with van der Waals surface area (Å²) in [6.07, 6.45) is -0.959. The normalized spacial score (nSPS) is 11.7. The fraction of sp³-hybridized carbons (Fsp3) is 0.238. The number of nitrogens with zero attached hydrogens (tertiary/aromatic N) is 2. The molecule has 1 atom stereocenters. The summed E-state index contributed by atoms with van der Waals surface area (Å²) in [4.78, 5) is 24.2. The minimum atomic E-state index is -1.09. The van der Waals surface area contributed by atoms with Crippen molar-refractivity contribution in [2.24, 2.45) is 0 Å². The number of anilines is 1. The van der Waals surface area contributed by atoms with Gasteiger partial charge in [-0.15, -0.1) is 10.2 Å². The van der Waals surface area contributed by atoms with Gasteiger partial charge >= 0.3 is 5.97 Å². The molecule has 156 valence electrons. The SMILES string of the molecule is Cc1ccc(-c2nnc(CCC(=O)OC(C)C(=O)Nc3ccc(Br)cc3F)o2)cc1. The molecule has 1 unspecified atom stereocenters. The van der Waals surface area contributed by atoms with E-state index < -0.39 is 23.8 Å². The van der Waals surface area contributed by atoms with E-state index in [0.29, 0.717) is 10.4 Å². The number of rotatable bonds is 7. The number of ether oxygens (including phenoxy) is 1. The molecular weight excluding hydrogens is 457 g/mol. The first-order chi connectivity index (χ1) is 14.3. The van der Waals surface area contributed by atoms with Gasteiger partial charge in [0.15, 0.2) is 6.10 Å². The van der Waals surface area contributed by atoms with Crippen molar-refractivity contribution in [2.75, 3.05) is 5.32 Å². The van der Waals surface area contributed by atoms with Crippen molar-refractivity contribution in [3.63, 3.8) is 0 Å². The molecule has 0 aliphatic heterocycles. The lowest BCUT2D eigenvalue weighted by atomic mass is 10.1. The number of esters is 1. The zero-order valence-electron chi connectivity index (χ0n) is 16.3. The number of carbonyl (C=O) groups is 2. The summed E-state index contributed by atoms with van der Waals surface area (Å²) in [5.74, 6) is -1.19. The van der Waals surface area contributed by atoms with Gasteiger partial charge in [-0.3, -0.25) is 9.59 Å². The van der Waals surface area contributed by atoms with Gasteiger partial charge in [-0.1, -0.05) is 33.6 Å². The molecule has 3 aromatic rings. The molecule has 0 saturated heterocycles. The van der Waals surface area contributed by atoms with Crippen molar-refractivity contribution in [2.45, 2.75) is 32.8 Å². The first-order valence-electron chi connectivity index (χ1n) is 9.16. The Morgan fingerprint density at radius 1 is 1.20 bits per heavy atom. The molecule has 0 bridgehead atoms. The summed E-state index contributed by atoms with van der Waals surface area (Å²) in [6, 6.07) is 11.8. The molecule has 1 aromatic heterocycles. The Hall–Kier alpha value is -3.07. The van der Waals surface area contributed by atoms with Crippen LogP contribution in [0, 0.1) is 12.7 Å². The van der Waals surface area contributed by atoms with E-state index in [1.54, 1.807) is 6.07 Å². The van der Waals surface area contributed by atoms with Gasteiger partial charge in [-0.2, -0.15) is 0 Å². The van der Waals surface area contributed by atoms with Crippen molar-refractivity contribution >= 4 is 33.5 Å². The highest BCUT2D eigenvalue weighted by molar-refractivity contribution is 9.10. The maximum absolute atomic E-state index is 13.8. The van der Waals surface area contributed by atoms with Crippen LogP contribution in [0.15, 0.2) is 51.4 Å². The van der Waals surface area contributed by atoms with E-state index in [1.807, 2.05) is 31.2 Å². The van der Waals surface area contributed by atoms with E-state index >= 15 is 0 Å². The third-order valence-electron chi connectivity index (χ3n) is 4.17. The number of halogens is 2.